The van der Waals surface area contributed by atoms with Crippen LogP contribution >= 0.6 is 0 Å². The van der Waals surface area contributed by atoms with Crippen LogP contribution in [0.2, 0.25) is 0 Å². The van der Waals surface area contributed by atoms with E-state index in [2.05, 4.69) is 71.8 Å². The largest absolute Gasteiger partial charge is 0.376 e. The minimum absolute atomic E-state index is 0.133. The fraction of sp³-hybridized carbons (Fsp3) is 0.290. The van der Waals surface area contributed by atoms with Gasteiger partial charge < -0.3 is 9.47 Å². The highest BCUT2D eigenvalue weighted by Gasteiger charge is 2.31. The van der Waals surface area contributed by atoms with E-state index in [1.54, 1.807) is 0 Å². The molecule has 0 unspecified atom stereocenters. The third-order valence-corrected chi connectivity index (χ3v) is 6.60. The minimum Gasteiger partial charge on any atom is -0.376 e. The van der Waals surface area contributed by atoms with E-state index >= 15 is 0 Å². The smallest absolute Gasteiger partial charge is 0.0935 e. The Balaban J connectivity index is 1.19. The van der Waals surface area contributed by atoms with Crippen molar-refractivity contribution in [2.75, 3.05) is 19.7 Å². The van der Waals surface area contributed by atoms with Crippen LogP contribution in [0.1, 0.15) is 23.1 Å². The normalized spacial score (nSPS) is 18.6. The molecule has 4 aromatic carbocycles. The van der Waals surface area contributed by atoms with Crippen molar-refractivity contribution in [3.63, 3.8) is 0 Å². The number of fused-ring (bicyclic) bond motifs is 1. The summed E-state index contributed by atoms with van der Waals surface area (Å²) in [6, 6.07) is 35.7. The van der Waals surface area contributed by atoms with E-state index < -0.39 is 0 Å². The van der Waals surface area contributed by atoms with Crippen molar-refractivity contribution < 1.29 is 14.3 Å². The molecule has 0 bridgehead atoms. The summed E-state index contributed by atoms with van der Waals surface area (Å²) in [5.41, 5.74) is 3.57. The van der Waals surface area contributed by atoms with Crippen molar-refractivity contribution in [1.29, 1.82) is 0 Å². The lowest BCUT2D eigenvalue weighted by Gasteiger charge is -2.37. The molecule has 1 heterocycles. The van der Waals surface area contributed by atoms with Crippen molar-refractivity contribution in [3.05, 3.63) is 120 Å². The molecule has 35 heavy (non-hydrogen) atoms. The van der Waals surface area contributed by atoms with Gasteiger partial charge in [0.2, 0.25) is 0 Å². The minimum atomic E-state index is 0.133. The molecular weight excluding hydrogens is 434 g/mol. The number of rotatable bonds is 10. The standard InChI is InChI=1S/C31H33NO3/c1-3-9-25(10-4-1)21-33-24-30-20-32(35-23-26-11-5-2-6-12-26)18-17-31(30)34-22-27-15-16-28-13-7-8-14-29(28)19-27/h1-16,19,30-31H,17-18,20-24H2/t30-,31+/m1/s1. The number of benzene rings is 4. The predicted octanol–water partition coefficient (Wildman–Crippen LogP) is 6.40. The van der Waals surface area contributed by atoms with Crippen molar-refractivity contribution in [1.82, 2.24) is 5.06 Å². The molecule has 1 saturated heterocycles. The van der Waals surface area contributed by atoms with Crippen LogP contribution in [0, 0.1) is 5.92 Å². The topological polar surface area (TPSA) is 30.9 Å². The molecule has 180 valence electrons. The summed E-state index contributed by atoms with van der Waals surface area (Å²) in [6.45, 7) is 4.09. The zero-order chi connectivity index (χ0) is 23.7. The van der Waals surface area contributed by atoms with E-state index in [0.717, 1.165) is 19.5 Å². The molecule has 2 atom stereocenters. The third-order valence-electron chi connectivity index (χ3n) is 6.60. The SMILES string of the molecule is c1ccc(COC[C@H]2CN(OCc3ccccc3)CC[C@@H]2OCc2ccc3ccccc3c2)cc1. The lowest BCUT2D eigenvalue weighted by Crippen LogP contribution is -2.45. The Bertz CT molecular complexity index is 1180. The molecule has 4 heteroatoms. The maximum atomic E-state index is 6.48. The van der Waals surface area contributed by atoms with Crippen LogP contribution in [0.5, 0.6) is 0 Å². The van der Waals surface area contributed by atoms with Crippen molar-refractivity contribution in [3.8, 4) is 0 Å². The molecule has 4 nitrogen and oxygen atoms in total. The monoisotopic (exact) mass is 467 g/mol. The van der Waals surface area contributed by atoms with Gasteiger partial charge in [-0.25, -0.2) is 0 Å². The Kier molecular flexibility index (Phi) is 8.19. The number of ether oxygens (including phenoxy) is 2. The maximum Gasteiger partial charge on any atom is 0.0935 e. The van der Waals surface area contributed by atoms with Gasteiger partial charge in [0.15, 0.2) is 0 Å². The van der Waals surface area contributed by atoms with Crippen molar-refractivity contribution in [2.45, 2.75) is 32.3 Å². The molecule has 1 aliphatic rings. The summed E-state index contributed by atoms with van der Waals surface area (Å²) in [5, 5.41) is 4.59. The van der Waals surface area contributed by atoms with Crippen molar-refractivity contribution >= 4 is 10.8 Å². The highest BCUT2D eigenvalue weighted by atomic mass is 16.7. The van der Waals surface area contributed by atoms with Gasteiger partial charge in [-0.1, -0.05) is 97.1 Å². The van der Waals surface area contributed by atoms with Gasteiger partial charge in [-0.3, -0.25) is 4.84 Å². The average Bonchev–Trinajstić information content (AvgIpc) is 2.92. The summed E-state index contributed by atoms with van der Waals surface area (Å²) in [5.74, 6) is 0.240. The van der Waals surface area contributed by atoms with E-state index in [4.69, 9.17) is 14.3 Å². The lowest BCUT2D eigenvalue weighted by molar-refractivity contribution is -0.213. The second-order valence-corrected chi connectivity index (χ2v) is 9.23. The Morgan fingerprint density at radius 1 is 0.657 bits per heavy atom. The first-order valence-corrected chi connectivity index (χ1v) is 12.5. The van der Waals surface area contributed by atoms with E-state index in [1.165, 1.54) is 27.5 Å². The molecule has 0 radical (unpaired) electrons. The van der Waals surface area contributed by atoms with Gasteiger partial charge in [0.1, 0.15) is 0 Å². The number of nitrogens with zero attached hydrogens (tertiary/aromatic N) is 1. The highest BCUT2D eigenvalue weighted by molar-refractivity contribution is 5.82. The fourth-order valence-corrected chi connectivity index (χ4v) is 4.65. The quantitative estimate of drug-likeness (QED) is 0.270. The van der Waals surface area contributed by atoms with E-state index in [0.29, 0.717) is 26.4 Å². The molecule has 5 rings (SSSR count). The van der Waals surface area contributed by atoms with Gasteiger partial charge in [0.05, 0.1) is 32.5 Å². The Hall–Kier alpha value is -3.02. The van der Waals surface area contributed by atoms with Crippen LogP contribution in [-0.4, -0.2) is 30.9 Å². The predicted molar refractivity (Wildman–Crippen MR) is 140 cm³/mol. The fourth-order valence-electron chi connectivity index (χ4n) is 4.65. The second kappa shape index (κ2) is 12.1. The first-order chi connectivity index (χ1) is 17.3. The number of hydrogen-bond acceptors (Lipinski definition) is 4. The zero-order valence-electron chi connectivity index (χ0n) is 20.1. The van der Waals surface area contributed by atoms with Crippen LogP contribution in [0.4, 0.5) is 0 Å². The average molecular weight is 468 g/mol. The number of piperidine rings is 1. The first-order valence-electron chi connectivity index (χ1n) is 12.5. The molecule has 0 aromatic heterocycles. The van der Waals surface area contributed by atoms with Crippen LogP contribution in [0.25, 0.3) is 10.8 Å². The summed E-state index contributed by atoms with van der Waals surface area (Å²) < 4.78 is 12.6. The molecule has 4 aromatic rings. The zero-order valence-corrected chi connectivity index (χ0v) is 20.1. The van der Waals surface area contributed by atoms with Crippen molar-refractivity contribution in [2.24, 2.45) is 5.92 Å². The maximum absolute atomic E-state index is 6.48. The van der Waals surface area contributed by atoms with Gasteiger partial charge in [-0.15, -0.1) is 0 Å². The molecule has 0 aliphatic carbocycles. The Morgan fingerprint density at radius 2 is 1.34 bits per heavy atom. The third kappa shape index (κ3) is 6.77. The second-order valence-electron chi connectivity index (χ2n) is 9.23. The Morgan fingerprint density at radius 3 is 2.11 bits per heavy atom. The summed E-state index contributed by atoms with van der Waals surface area (Å²) in [4.78, 5) is 6.15. The van der Waals surface area contributed by atoms with Crippen LogP contribution in [-0.2, 0) is 34.1 Å². The van der Waals surface area contributed by atoms with Gasteiger partial charge in [0, 0.05) is 19.0 Å². The molecule has 1 aliphatic heterocycles. The highest BCUT2D eigenvalue weighted by Crippen LogP contribution is 2.24. The van der Waals surface area contributed by atoms with Gasteiger partial charge in [-0.05, 0) is 39.9 Å². The first kappa shape index (κ1) is 23.7. The van der Waals surface area contributed by atoms with Gasteiger partial charge >= 0.3 is 0 Å². The Labute approximate surface area is 208 Å². The molecule has 0 saturated carbocycles. The summed E-state index contributed by atoms with van der Waals surface area (Å²) in [6.07, 6.45) is 1.05. The van der Waals surface area contributed by atoms with E-state index in [9.17, 15) is 0 Å². The summed E-state index contributed by atoms with van der Waals surface area (Å²) in [7, 11) is 0. The molecule has 0 spiro atoms. The van der Waals surface area contributed by atoms with Crippen LogP contribution in [0.3, 0.4) is 0 Å². The van der Waals surface area contributed by atoms with Crippen LogP contribution in [0.15, 0.2) is 103 Å². The number of hydroxylamine groups is 2. The lowest BCUT2D eigenvalue weighted by atomic mass is 9.96. The van der Waals surface area contributed by atoms with Crippen LogP contribution < -0.4 is 0 Å². The van der Waals surface area contributed by atoms with E-state index in [-0.39, 0.29) is 12.0 Å². The number of hydrogen-bond donors (Lipinski definition) is 0. The van der Waals surface area contributed by atoms with E-state index in [1.807, 2.05) is 36.4 Å². The molecule has 1 fully saturated rings. The summed E-state index contributed by atoms with van der Waals surface area (Å²) >= 11 is 0. The molecular formula is C31H33NO3. The van der Waals surface area contributed by atoms with Gasteiger partial charge in [-0.2, -0.15) is 5.06 Å². The molecule has 0 N–H and O–H groups in total. The molecule has 0 amide bonds. The van der Waals surface area contributed by atoms with Gasteiger partial charge in [0.25, 0.3) is 0 Å².